The summed E-state index contributed by atoms with van der Waals surface area (Å²) in [5.41, 5.74) is 0.992. The molecule has 1 aromatic rings. The molecule has 0 spiro atoms. The van der Waals surface area contributed by atoms with Gasteiger partial charge in [-0.05, 0) is 13.8 Å². The van der Waals surface area contributed by atoms with Gasteiger partial charge in [0.25, 0.3) is 0 Å². The number of aromatic nitrogens is 2. The van der Waals surface area contributed by atoms with Gasteiger partial charge in [-0.2, -0.15) is 5.10 Å². The number of hydrogen-bond donors (Lipinski definition) is 0. The van der Waals surface area contributed by atoms with E-state index in [1.165, 1.54) is 0 Å². The van der Waals surface area contributed by atoms with Crippen LogP contribution in [0.3, 0.4) is 0 Å². The summed E-state index contributed by atoms with van der Waals surface area (Å²) in [6, 6.07) is 1.92. The fourth-order valence-electron chi connectivity index (χ4n) is 0.870. The van der Waals surface area contributed by atoms with E-state index in [9.17, 15) is 0 Å². The molecule has 12 heavy (non-hydrogen) atoms. The van der Waals surface area contributed by atoms with Gasteiger partial charge < -0.3 is 4.74 Å². The summed E-state index contributed by atoms with van der Waals surface area (Å²) in [6.07, 6.45) is 0. The molecule has 0 N–H and O–H groups in total. The van der Waals surface area contributed by atoms with Crippen LogP contribution in [0.4, 0.5) is 0 Å². The zero-order chi connectivity index (χ0) is 9.56. The first-order chi connectivity index (χ1) is 5.74. The molecule has 3 nitrogen and oxygen atoms in total. The third-order valence-electron chi connectivity index (χ3n) is 1.25. The Balaban J connectivity index is 0.000000561. The van der Waals surface area contributed by atoms with Crippen molar-refractivity contribution in [1.82, 2.24) is 9.78 Å². The molecule has 0 saturated heterocycles. The van der Waals surface area contributed by atoms with Gasteiger partial charge in [-0.15, -0.1) is 0 Å². The normalized spacial score (nSPS) is 8.75. The lowest BCUT2D eigenvalue weighted by molar-refractivity contribution is 0.309. The van der Waals surface area contributed by atoms with Crippen molar-refractivity contribution in [2.24, 2.45) is 7.05 Å². The molecule has 0 fully saturated rings. The molecule has 0 saturated carbocycles. The van der Waals surface area contributed by atoms with Crippen molar-refractivity contribution in [2.45, 2.75) is 27.7 Å². The van der Waals surface area contributed by atoms with Gasteiger partial charge >= 0.3 is 0 Å². The minimum atomic E-state index is 0.693. The van der Waals surface area contributed by atoms with Gasteiger partial charge in [0.15, 0.2) is 0 Å². The lowest BCUT2D eigenvalue weighted by Gasteiger charge is -1.99. The Morgan fingerprint density at radius 2 is 2.08 bits per heavy atom. The summed E-state index contributed by atoms with van der Waals surface area (Å²) < 4.78 is 6.99. The summed E-state index contributed by atoms with van der Waals surface area (Å²) in [5.74, 6) is 0.833. The smallest absolute Gasteiger partial charge is 0.211 e. The molecule has 0 bridgehead atoms. The lowest BCUT2D eigenvalue weighted by Crippen LogP contribution is -1.98. The molecule has 0 aliphatic rings. The Bertz CT molecular complexity index is 218. The lowest BCUT2D eigenvalue weighted by atomic mass is 10.5. The van der Waals surface area contributed by atoms with Crippen LogP contribution in [0.25, 0.3) is 0 Å². The number of rotatable bonds is 2. The zero-order valence-corrected chi connectivity index (χ0v) is 8.59. The van der Waals surface area contributed by atoms with Crippen LogP contribution < -0.4 is 4.74 Å². The Morgan fingerprint density at radius 1 is 1.50 bits per heavy atom. The van der Waals surface area contributed by atoms with E-state index in [1.54, 1.807) is 4.68 Å². The van der Waals surface area contributed by atoms with E-state index in [1.807, 2.05) is 40.8 Å². The van der Waals surface area contributed by atoms with E-state index in [4.69, 9.17) is 4.74 Å². The molecule has 1 rings (SSSR count). The van der Waals surface area contributed by atoms with Gasteiger partial charge in [-0.1, -0.05) is 13.8 Å². The topological polar surface area (TPSA) is 27.1 Å². The van der Waals surface area contributed by atoms with Gasteiger partial charge in [0.05, 0.1) is 12.3 Å². The number of hydrogen-bond acceptors (Lipinski definition) is 2. The molecule has 0 aliphatic heterocycles. The van der Waals surface area contributed by atoms with Crippen LogP contribution in [-0.4, -0.2) is 16.4 Å². The molecular weight excluding hydrogens is 152 g/mol. The van der Waals surface area contributed by atoms with Crippen LogP contribution in [-0.2, 0) is 7.05 Å². The fourth-order valence-corrected chi connectivity index (χ4v) is 0.870. The predicted molar refractivity (Wildman–Crippen MR) is 50.5 cm³/mol. The maximum Gasteiger partial charge on any atom is 0.211 e. The molecular formula is C9H18N2O. The van der Waals surface area contributed by atoms with Crippen LogP contribution in [0.2, 0.25) is 0 Å². The molecule has 0 aromatic carbocycles. The van der Waals surface area contributed by atoms with Crippen molar-refractivity contribution < 1.29 is 4.74 Å². The quantitative estimate of drug-likeness (QED) is 0.680. The first-order valence-corrected chi connectivity index (χ1v) is 4.37. The van der Waals surface area contributed by atoms with Crippen molar-refractivity contribution in [3.05, 3.63) is 11.8 Å². The largest absolute Gasteiger partial charge is 0.478 e. The van der Waals surface area contributed by atoms with Gasteiger partial charge in [-0.3, -0.25) is 0 Å². The number of nitrogens with zero attached hydrogens (tertiary/aromatic N) is 2. The molecule has 3 heteroatoms. The molecule has 0 aliphatic carbocycles. The Kier molecular flexibility index (Phi) is 5.17. The van der Waals surface area contributed by atoms with E-state index in [0.29, 0.717) is 6.61 Å². The van der Waals surface area contributed by atoms with Crippen molar-refractivity contribution in [1.29, 1.82) is 0 Å². The average Bonchev–Trinajstić information content (AvgIpc) is 2.35. The van der Waals surface area contributed by atoms with E-state index in [-0.39, 0.29) is 0 Å². The van der Waals surface area contributed by atoms with E-state index >= 15 is 0 Å². The SMILES string of the molecule is CC.CCOc1cc(C)nn1C. The highest BCUT2D eigenvalue weighted by Gasteiger charge is 1.99. The summed E-state index contributed by atoms with van der Waals surface area (Å²) in [5, 5.41) is 4.12. The van der Waals surface area contributed by atoms with Crippen LogP contribution in [0.1, 0.15) is 26.5 Å². The van der Waals surface area contributed by atoms with Crippen LogP contribution in [0.15, 0.2) is 6.07 Å². The summed E-state index contributed by atoms with van der Waals surface area (Å²) in [6.45, 7) is 8.60. The van der Waals surface area contributed by atoms with E-state index in [2.05, 4.69) is 5.10 Å². The summed E-state index contributed by atoms with van der Waals surface area (Å²) in [7, 11) is 1.87. The first kappa shape index (κ1) is 11.0. The molecule has 0 atom stereocenters. The Hall–Kier alpha value is -0.990. The maximum absolute atomic E-state index is 5.26. The van der Waals surface area contributed by atoms with Crippen molar-refractivity contribution >= 4 is 0 Å². The number of aryl methyl sites for hydroxylation is 2. The van der Waals surface area contributed by atoms with Crippen molar-refractivity contribution in [3.8, 4) is 5.88 Å². The highest BCUT2D eigenvalue weighted by atomic mass is 16.5. The second kappa shape index (κ2) is 5.63. The second-order valence-electron chi connectivity index (χ2n) is 2.18. The minimum absolute atomic E-state index is 0.693. The van der Waals surface area contributed by atoms with Crippen molar-refractivity contribution in [3.63, 3.8) is 0 Å². The van der Waals surface area contributed by atoms with E-state index < -0.39 is 0 Å². The molecule has 1 heterocycles. The second-order valence-corrected chi connectivity index (χ2v) is 2.18. The first-order valence-electron chi connectivity index (χ1n) is 4.37. The summed E-state index contributed by atoms with van der Waals surface area (Å²) >= 11 is 0. The monoisotopic (exact) mass is 170 g/mol. The standard InChI is InChI=1S/C7H12N2O.C2H6/c1-4-10-7-5-6(2)8-9(7)3;1-2/h5H,4H2,1-3H3;1-2H3. The highest BCUT2D eigenvalue weighted by molar-refractivity contribution is 5.14. The number of ether oxygens (including phenoxy) is 1. The summed E-state index contributed by atoms with van der Waals surface area (Å²) in [4.78, 5) is 0. The third-order valence-corrected chi connectivity index (χ3v) is 1.25. The van der Waals surface area contributed by atoms with E-state index in [0.717, 1.165) is 11.6 Å². The van der Waals surface area contributed by atoms with Gasteiger partial charge in [0, 0.05) is 13.1 Å². The Labute approximate surface area is 74.3 Å². The van der Waals surface area contributed by atoms with Crippen LogP contribution in [0.5, 0.6) is 5.88 Å². The molecule has 70 valence electrons. The zero-order valence-electron chi connectivity index (χ0n) is 8.59. The minimum Gasteiger partial charge on any atom is -0.478 e. The molecule has 0 amide bonds. The third kappa shape index (κ3) is 2.95. The van der Waals surface area contributed by atoms with Gasteiger partial charge in [-0.25, -0.2) is 4.68 Å². The highest BCUT2D eigenvalue weighted by Crippen LogP contribution is 2.09. The maximum atomic E-state index is 5.26. The Morgan fingerprint density at radius 3 is 2.42 bits per heavy atom. The molecule has 0 radical (unpaired) electrons. The fraction of sp³-hybridized carbons (Fsp3) is 0.667. The average molecular weight is 170 g/mol. The molecule has 0 unspecified atom stereocenters. The van der Waals surface area contributed by atoms with Gasteiger partial charge in [0.1, 0.15) is 0 Å². The predicted octanol–water partition coefficient (Wildman–Crippen LogP) is 2.15. The van der Waals surface area contributed by atoms with Crippen LogP contribution >= 0.6 is 0 Å². The van der Waals surface area contributed by atoms with Crippen LogP contribution in [0, 0.1) is 6.92 Å². The molecule has 1 aromatic heterocycles. The van der Waals surface area contributed by atoms with Gasteiger partial charge in [0.2, 0.25) is 5.88 Å². The van der Waals surface area contributed by atoms with Crippen molar-refractivity contribution in [2.75, 3.05) is 6.61 Å².